The van der Waals surface area contributed by atoms with E-state index in [0.717, 1.165) is 23.1 Å². The topological polar surface area (TPSA) is 55.8 Å². The molecule has 3 unspecified atom stereocenters. The normalized spacial score (nSPS) is 26.9. The lowest BCUT2D eigenvalue weighted by Gasteiger charge is -2.44. The van der Waals surface area contributed by atoms with E-state index in [1.165, 1.54) is 6.92 Å². The molecule has 1 aliphatic rings. The predicted molar refractivity (Wildman–Crippen MR) is 114 cm³/mol. The molecule has 1 N–H and O–H groups in total. The quantitative estimate of drug-likeness (QED) is 0.636. The van der Waals surface area contributed by atoms with Crippen molar-refractivity contribution in [3.05, 3.63) is 64.2 Å². The highest BCUT2D eigenvalue weighted by Gasteiger charge is 2.43. The van der Waals surface area contributed by atoms with Gasteiger partial charge in [-0.3, -0.25) is 4.79 Å². The van der Waals surface area contributed by atoms with Gasteiger partial charge in [0.1, 0.15) is 18.0 Å². The summed E-state index contributed by atoms with van der Waals surface area (Å²) in [6.45, 7) is 7.85. The Morgan fingerprint density at radius 2 is 1.83 bits per heavy atom. The number of carbonyl (C=O) groups excluding carboxylic acids is 1. The maximum atomic E-state index is 11.8. The minimum absolute atomic E-state index is 0.109. The number of carbonyl (C=O) groups is 1. The first-order valence-electron chi connectivity index (χ1n) is 10.2. The fraction of sp³-hybridized carbons (Fsp3) is 0.458. The molecular weight excluding hydrogens is 388 g/mol. The molecule has 156 valence electrons. The number of esters is 1. The van der Waals surface area contributed by atoms with Crippen molar-refractivity contribution in [3.8, 4) is 5.75 Å². The molecular formula is C24H29ClO4. The number of ether oxygens (including phenoxy) is 2. The maximum absolute atomic E-state index is 11.8. The van der Waals surface area contributed by atoms with Gasteiger partial charge in [-0.1, -0.05) is 56.6 Å². The fourth-order valence-corrected chi connectivity index (χ4v) is 4.33. The van der Waals surface area contributed by atoms with E-state index in [1.807, 2.05) is 30.3 Å². The van der Waals surface area contributed by atoms with Gasteiger partial charge in [-0.05, 0) is 53.6 Å². The van der Waals surface area contributed by atoms with Gasteiger partial charge in [0, 0.05) is 17.9 Å². The molecule has 5 atom stereocenters. The summed E-state index contributed by atoms with van der Waals surface area (Å²) >= 11 is 6.47. The molecule has 3 rings (SSSR count). The van der Waals surface area contributed by atoms with Gasteiger partial charge < -0.3 is 14.6 Å². The monoisotopic (exact) mass is 416 g/mol. The van der Waals surface area contributed by atoms with Crippen LogP contribution in [0.1, 0.15) is 56.9 Å². The van der Waals surface area contributed by atoms with Crippen LogP contribution in [0.5, 0.6) is 5.75 Å². The number of phenols is 1. The van der Waals surface area contributed by atoms with Gasteiger partial charge in [0.15, 0.2) is 0 Å². The molecule has 1 fully saturated rings. The van der Waals surface area contributed by atoms with Crippen LogP contribution in [-0.2, 0) is 20.7 Å². The largest absolute Gasteiger partial charge is 0.508 e. The highest BCUT2D eigenvalue weighted by atomic mass is 35.5. The van der Waals surface area contributed by atoms with Crippen molar-refractivity contribution in [2.45, 2.75) is 58.8 Å². The molecule has 0 amide bonds. The van der Waals surface area contributed by atoms with Crippen LogP contribution in [0.3, 0.4) is 0 Å². The summed E-state index contributed by atoms with van der Waals surface area (Å²) in [6.07, 6.45) is 0.987. The van der Waals surface area contributed by atoms with Crippen LogP contribution < -0.4 is 0 Å². The van der Waals surface area contributed by atoms with E-state index in [-0.39, 0.29) is 35.9 Å². The lowest BCUT2D eigenvalue weighted by Crippen LogP contribution is -2.46. The van der Waals surface area contributed by atoms with Crippen molar-refractivity contribution < 1.29 is 19.4 Å². The minimum atomic E-state index is -0.340. The highest BCUT2D eigenvalue weighted by molar-refractivity contribution is 6.31. The van der Waals surface area contributed by atoms with E-state index >= 15 is 0 Å². The van der Waals surface area contributed by atoms with Crippen molar-refractivity contribution in [1.82, 2.24) is 0 Å². The number of aromatic hydroxyl groups is 1. The van der Waals surface area contributed by atoms with Crippen LogP contribution in [-0.4, -0.2) is 23.3 Å². The van der Waals surface area contributed by atoms with Gasteiger partial charge in [-0.25, -0.2) is 0 Å². The van der Waals surface area contributed by atoms with Crippen LogP contribution in [0.2, 0.25) is 5.02 Å². The van der Waals surface area contributed by atoms with Crippen LogP contribution in [0.25, 0.3) is 0 Å². The third-order valence-corrected chi connectivity index (χ3v) is 6.36. The molecule has 1 saturated heterocycles. The van der Waals surface area contributed by atoms with Crippen LogP contribution >= 0.6 is 11.6 Å². The number of hydrogen-bond acceptors (Lipinski definition) is 4. The second-order valence-electron chi connectivity index (χ2n) is 7.99. The Bertz CT molecular complexity index is 848. The van der Waals surface area contributed by atoms with Gasteiger partial charge in [0.05, 0.1) is 6.10 Å². The molecule has 0 saturated carbocycles. The predicted octanol–water partition coefficient (Wildman–Crippen LogP) is 5.69. The highest BCUT2D eigenvalue weighted by Crippen LogP contribution is 2.42. The Morgan fingerprint density at radius 3 is 2.45 bits per heavy atom. The summed E-state index contributed by atoms with van der Waals surface area (Å²) in [4.78, 5) is 11.8. The van der Waals surface area contributed by atoms with Crippen molar-refractivity contribution in [2.75, 3.05) is 0 Å². The summed E-state index contributed by atoms with van der Waals surface area (Å²) < 4.78 is 12.1. The van der Waals surface area contributed by atoms with E-state index in [9.17, 15) is 9.90 Å². The van der Waals surface area contributed by atoms with Crippen molar-refractivity contribution in [3.63, 3.8) is 0 Å². The second-order valence-corrected chi connectivity index (χ2v) is 8.40. The lowest BCUT2D eigenvalue weighted by molar-refractivity contribution is -0.196. The second kappa shape index (κ2) is 9.19. The van der Waals surface area contributed by atoms with Gasteiger partial charge in [0.25, 0.3) is 0 Å². The summed E-state index contributed by atoms with van der Waals surface area (Å²) in [5.41, 5.74) is 2.99. The van der Waals surface area contributed by atoms with Crippen LogP contribution in [0, 0.1) is 11.8 Å². The van der Waals surface area contributed by atoms with Crippen molar-refractivity contribution in [2.24, 2.45) is 11.8 Å². The first kappa shape index (κ1) is 21.7. The molecule has 2 aromatic rings. The number of phenolic OH excluding ortho intramolecular Hbond substituents is 1. The smallest absolute Gasteiger partial charge is 0.303 e. The molecule has 1 aliphatic heterocycles. The summed E-state index contributed by atoms with van der Waals surface area (Å²) in [6, 6.07) is 13.0. The zero-order valence-corrected chi connectivity index (χ0v) is 18.1. The number of halogens is 1. The molecule has 0 aliphatic carbocycles. The fourth-order valence-electron chi connectivity index (χ4n) is 4.14. The SMILES string of the molecule is CC[C@H]1OC(c2ccc(Cl)c(Cc3ccc(O)cc3)c2)C(OC(C)=O)[C@@H](C)C1C. The van der Waals surface area contributed by atoms with Crippen LogP contribution in [0.15, 0.2) is 42.5 Å². The van der Waals surface area contributed by atoms with E-state index < -0.39 is 0 Å². The molecule has 5 heteroatoms. The average Bonchev–Trinajstić information content (AvgIpc) is 2.69. The zero-order valence-electron chi connectivity index (χ0n) is 17.4. The molecule has 0 aromatic heterocycles. The molecule has 0 bridgehead atoms. The molecule has 29 heavy (non-hydrogen) atoms. The van der Waals surface area contributed by atoms with Gasteiger partial charge >= 0.3 is 5.97 Å². The molecule has 0 spiro atoms. The average molecular weight is 417 g/mol. The summed E-state index contributed by atoms with van der Waals surface area (Å²) in [5.74, 6) is 0.418. The molecule has 2 aromatic carbocycles. The third kappa shape index (κ3) is 4.93. The van der Waals surface area contributed by atoms with E-state index in [1.54, 1.807) is 12.1 Å². The third-order valence-electron chi connectivity index (χ3n) is 5.99. The Morgan fingerprint density at radius 1 is 1.14 bits per heavy atom. The number of hydrogen-bond donors (Lipinski definition) is 1. The van der Waals surface area contributed by atoms with Gasteiger partial charge in [-0.15, -0.1) is 0 Å². The van der Waals surface area contributed by atoms with Gasteiger partial charge in [0.2, 0.25) is 0 Å². The first-order chi connectivity index (χ1) is 13.8. The first-order valence-corrected chi connectivity index (χ1v) is 10.6. The van der Waals surface area contributed by atoms with Crippen molar-refractivity contribution in [1.29, 1.82) is 0 Å². The maximum Gasteiger partial charge on any atom is 0.303 e. The molecule has 4 nitrogen and oxygen atoms in total. The lowest BCUT2D eigenvalue weighted by atomic mass is 9.78. The Balaban J connectivity index is 1.93. The molecule has 1 heterocycles. The van der Waals surface area contributed by atoms with Crippen molar-refractivity contribution >= 4 is 17.6 Å². The zero-order chi connectivity index (χ0) is 21.1. The Hall–Kier alpha value is -2.04. The van der Waals surface area contributed by atoms with E-state index in [0.29, 0.717) is 17.4 Å². The number of rotatable bonds is 5. The minimum Gasteiger partial charge on any atom is -0.508 e. The standard InChI is InChI=1S/C24H29ClO4/c1-5-22-14(2)15(3)23(28-16(4)26)24(29-22)18-8-11-21(25)19(13-18)12-17-6-9-20(27)10-7-17/h6-11,13-15,22-24,27H,5,12H2,1-4H3/t14?,15-,22+,23?,24?/m0/s1. The summed E-state index contributed by atoms with van der Waals surface area (Å²) in [7, 11) is 0. The molecule has 0 radical (unpaired) electrons. The van der Waals surface area contributed by atoms with Crippen LogP contribution in [0.4, 0.5) is 0 Å². The van der Waals surface area contributed by atoms with E-state index in [2.05, 4.69) is 20.8 Å². The Kier molecular flexibility index (Phi) is 6.86. The Labute approximate surface area is 177 Å². The van der Waals surface area contributed by atoms with E-state index in [4.69, 9.17) is 21.1 Å². The van der Waals surface area contributed by atoms with Gasteiger partial charge in [-0.2, -0.15) is 0 Å². The number of benzene rings is 2. The summed E-state index contributed by atoms with van der Waals surface area (Å²) in [5, 5.41) is 10.2.